The molecule has 0 unspecified atom stereocenters. The average Bonchev–Trinajstić information content (AvgIpc) is 2.60. The van der Waals surface area contributed by atoms with Crippen molar-refractivity contribution in [2.45, 2.75) is 64.3 Å². The molecule has 0 bridgehead atoms. The highest BCUT2D eigenvalue weighted by Gasteiger charge is 2.63. The van der Waals surface area contributed by atoms with Crippen LogP contribution in [0.1, 0.15) is 46.5 Å². The van der Waals surface area contributed by atoms with Crippen LogP contribution in [0.25, 0.3) is 0 Å². The summed E-state index contributed by atoms with van der Waals surface area (Å²) in [6.45, 7) is 5.80. The maximum atomic E-state index is 11.8. The van der Waals surface area contributed by atoms with E-state index in [1.54, 1.807) is 0 Å². The largest absolute Gasteiger partial charge is 0.461 e. The van der Waals surface area contributed by atoms with Crippen LogP contribution in [-0.2, 0) is 9.53 Å². The molecule has 1 aliphatic heterocycles. The van der Waals surface area contributed by atoms with Crippen molar-refractivity contribution in [3.05, 3.63) is 0 Å². The summed E-state index contributed by atoms with van der Waals surface area (Å²) in [6.07, 6.45) is 2.32. The Bertz CT molecular complexity index is 405. The molecule has 2 N–H and O–H groups in total. The number of rotatable bonds is 0. The molecular formula is C15H24O4. The molecule has 0 radical (unpaired) electrons. The molecule has 0 spiro atoms. The summed E-state index contributed by atoms with van der Waals surface area (Å²) in [7, 11) is 0. The van der Waals surface area contributed by atoms with Gasteiger partial charge in [-0.15, -0.1) is 0 Å². The van der Waals surface area contributed by atoms with Crippen LogP contribution in [0.5, 0.6) is 0 Å². The van der Waals surface area contributed by atoms with E-state index in [0.717, 1.165) is 12.8 Å². The van der Waals surface area contributed by atoms with Gasteiger partial charge in [0.1, 0.15) is 6.10 Å². The van der Waals surface area contributed by atoms with Crippen LogP contribution in [0.15, 0.2) is 0 Å². The predicted octanol–water partition coefficient (Wildman–Crippen LogP) is 1.49. The average molecular weight is 268 g/mol. The second-order valence-corrected chi connectivity index (χ2v) is 7.29. The third-order valence-electron chi connectivity index (χ3n) is 6.10. The van der Waals surface area contributed by atoms with Crippen LogP contribution in [0.4, 0.5) is 0 Å². The van der Waals surface area contributed by atoms with E-state index in [1.807, 2.05) is 20.8 Å². The van der Waals surface area contributed by atoms with Crippen LogP contribution in [0, 0.1) is 23.2 Å². The number of carbonyl (C=O) groups excluding carboxylic acids is 1. The zero-order valence-corrected chi connectivity index (χ0v) is 11.9. The second kappa shape index (κ2) is 3.95. The molecule has 0 aromatic carbocycles. The monoisotopic (exact) mass is 268 g/mol. The lowest BCUT2D eigenvalue weighted by Gasteiger charge is -2.57. The first-order valence-corrected chi connectivity index (χ1v) is 7.38. The molecule has 1 heterocycles. The Morgan fingerprint density at radius 3 is 2.63 bits per heavy atom. The van der Waals surface area contributed by atoms with Gasteiger partial charge in [-0.2, -0.15) is 0 Å². The third kappa shape index (κ3) is 1.69. The summed E-state index contributed by atoms with van der Waals surface area (Å²) in [4.78, 5) is 11.8. The Morgan fingerprint density at radius 2 is 1.95 bits per heavy atom. The molecule has 7 atom stereocenters. The Labute approximate surface area is 114 Å². The Hall–Kier alpha value is -0.610. The SMILES string of the molecule is C[C@@H]1C(=O)O[C@@H]2[C@H]1CC[C@]1(C)[C@@H]2[C@@](C)(O)CC[C@@H]1O. The van der Waals surface area contributed by atoms with Crippen LogP contribution in [0.2, 0.25) is 0 Å². The van der Waals surface area contributed by atoms with Gasteiger partial charge < -0.3 is 14.9 Å². The zero-order valence-electron chi connectivity index (χ0n) is 11.9. The Balaban J connectivity index is 2.01. The second-order valence-electron chi connectivity index (χ2n) is 7.29. The molecule has 3 aliphatic rings. The van der Waals surface area contributed by atoms with E-state index in [9.17, 15) is 15.0 Å². The molecule has 0 amide bonds. The van der Waals surface area contributed by atoms with E-state index >= 15 is 0 Å². The first kappa shape index (κ1) is 13.4. The van der Waals surface area contributed by atoms with Crippen molar-refractivity contribution in [3.63, 3.8) is 0 Å². The van der Waals surface area contributed by atoms with Crippen molar-refractivity contribution in [2.24, 2.45) is 23.2 Å². The lowest BCUT2D eigenvalue weighted by Crippen LogP contribution is -2.62. The number of hydrogen-bond donors (Lipinski definition) is 2. The molecule has 1 saturated heterocycles. The molecule has 4 nitrogen and oxygen atoms in total. The summed E-state index contributed by atoms with van der Waals surface area (Å²) in [5.41, 5.74) is -1.20. The van der Waals surface area contributed by atoms with Crippen molar-refractivity contribution in [3.8, 4) is 0 Å². The molecule has 4 heteroatoms. The summed E-state index contributed by atoms with van der Waals surface area (Å²) in [6, 6.07) is 0. The van der Waals surface area contributed by atoms with Gasteiger partial charge in [0.25, 0.3) is 0 Å². The van der Waals surface area contributed by atoms with Crippen LogP contribution < -0.4 is 0 Å². The first-order chi connectivity index (χ1) is 8.77. The highest BCUT2D eigenvalue weighted by Crippen LogP contribution is 2.58. The summed E-state index contributed by atoms with van der Waals surface area (Å²) < 4.78 is 5.59. The maximum Gasteiger partial charge on any atom is 0.309 e. The fraction of sp³-hybridized carbons (Fsp3) is 0.933. The molecule has 0 aromatic heterocycles. The van der Waals surface area contributed by atoms with Gasteiger partial charge in [-0.05, 0) is 32.6 Å². The smallest absolute Gasteiger partial charge is 0.309 e. The molecule has 19 heavy (non-hydrogen) atoms. The van der Waals surface area contributed by atoms with E-state index in [1.165, 1.54) is 0 Å². The first-order valence-electron chi connectivity index (χ1n) is 7.38. The van der Waals surface area contributed by atoms with Gasteiger partial charge in [0.05, 0.1) is 17.6 Å². The lowest BCUT2D eigenvalue weighted by atomic mass is 9.51. The minimum Gasteiger partial charge on any atom is -0.461 e. The Morgan fingerprint density at radius 1 is 1.26 bits per heavy atom. The standard InChI is InChI=1S/C15H24O4/c1-8-9-4-6-14(2)10(16)5-7-15(3,18)12(14)11(9)19-13(8)17/h8-12,16,18H,4-7H2,1-3H3/t8-,9-,10-,11+,12+,14-,15-/m0/s1. The highest BCUT2D eigenvalue weighted by molar-refractivity contribution is 5.75. The number of aliphatic hydroxyl groups is 2. The number of carbonyl (C=O) groups is 1. The third-order valence-corrected chi connectivity index (χ3v) is 6.10. The minimum atomic E-state index is -0.859. The van der Waals surface area contributed by atoms with Gasteiger partial charge in [-0.1, -0.05) is 13.8 Å². The molecule has 3 rings (SSSR count). The number of hydrogen-bond acceptors (Lipinski definition) is 4. The zero-order chi connectivity index (χ0) is 14.0. The van der Waals surface area contributed by atoms with Crippen LogP contribution in [0.3, 0.4) is 0 Å². The summed E-state index contributed by atoms with van der Waals surface area (Å²) in [5, 5.41) is 21.2. The van der Waals surface area contributed by atoms with Crippen molar-refractivity contribution in [2.75, 3.05) is 0 Å². The van der Waals surface area contributed by atoms with E-state index < -0.39 is 11.7 Å². The van der Waals surface area contributed by atoms with Crippen LogP contribution >= 0.6 is 0 Å². The van der Waals surface area contributed by atoms with Gasteiger partial charge >= 0.3 is 5.97 Å². The van der Waals surface area contributed by atoms with Gasteiger partial charge in [0, 0.05) is 17.3 Å². The van der Waals surface area contributed by atoms with Gasteiger partial charge in [0.15, 0.2) is 0 Å². The van der Waals surface area contributed by atoms with E-state index in [-0.39, 0.29) is 35.2 Å². The van der Waals surface area contributed by atoms with E-state index in [2.05, 4.69) is 0 Å². The predicted molar refractivity (Wildman–Crippen MR) is 69.2 cm³/mol. The quantitative estimate of drug-likeness (QED) is 0.653. The normalized spacial score (nSPS) is 57.3. The molecular weight excluding hydrogens is 244 g/mol. The fourth-order valence-electron chi connectivity index (χ4n) is 4.88. The molecule has 2 saturated carbocycles. The number of aliphatic hydroxyl groups excluding tert-OH is 1. The van der Waals surface area contributed by atoms with Crippen molar-refractivity contribution in [1.29, 1.82) is 0 Å². The summed E-state index contributed by atoms with van der Waals surface area (Å²) >= 11 is 0. The number of fused-ring (bicyclic) bond motifs is 3. The Kier molecular flexibility index (Phi) is 2.78. The highest BCUT2D eigenvalue weighted by atomic mass is 16.6. The minimum absolute atomic E-state index is 0.0792. The molecule has 108 valence electrons. The van der Waals surface area contributed by atoms with Crippen molar-refractivity contribution < 1.29 is 19.7 Å². The van der Waals surface area contributed by atoms with Crippen molar-refractivity contribution in [1.82, 2.24) is 0 Å². The summed E-state index contributed by atoms with van der Waals surface area (Å²) in [5.74, 6) is -0.182. The maximum absolute atomic E-state index is 11.8. The molecule has 0 aromatic rings. The topological polar surface area (TPSA) is 66.8 Å². The molecule has 3 fully saturated rings. The van der Waals surface area contributed by atoms with Gasteiger partial charge in [-0.3, -0.25) is 4.79 Å². The fourth-order valence-corrected chi connectivity index (χ4v) is 4.88. The number of esters is 1. The van der Waals surface area contributed by atoms with Gasteiger partial charge in [0.2, 0.25) is 0 Å². The number of ether oxygens (including phenoxy) is 1. The lowest BCUT2D eigenvalue weighted by molar-refractivity contribution is -0.212. The van der Waals surface area contributed by atoms with Crippen molar-refractivity contribution >= 4 is 5.97 Å². The molecule has 2 aliphatic carbocycles. The van der Waals surface area contributed by atoms with Gasteiger partial charge in [-0.25, -0.2) is 0 Å². The van der Waals surface area contributed by atoms with Crippen LogP contribution in [-0.4, -0.2) is 34.0 Å². The van der Waals surface area contributed by atoms with E-state index in [0.29, 0.717) is 12.8 Å². The van der Waals surface area contributed by atoms with E-state index in [4.69, 9.17) is 4.74 Å².